The Kier molecular flexibility index (Phi) is 6.66. The minimum absolute atomic E-state index is 0.176. The summed E-state index contributed by atoms with van der Waals surface area (Å²) < 4.78 is 0. The second kappa shape index (κ2) is 8.01. The molecule has 19 heavy (non-hydrogen) atoms. The van der Waals surface area contributed by atoms with Gasteiger partial charge in [-0.3, -0.25) is 10.1 Å². The molecule has 5 nitrogen and oxygen atoms in total. The van der Waals surface area contributed by atoms with Crippen LogP contribution in [0.3, 0.4) is 0 Å². The molecule has 1 aromatic rings. The van der Waals surface area contributed by atoms with Crippen molar-refractivity contribution in [2.75, 3.05) is 37.8 Å². The normalized spacial score (nSPS) is 10.7. The fraction of sp³-hybridized carbons (Fsp3) is 0.538. The Balaban J connectivity index is 2.75. The highest BCUT2D eigenvalue weighted by Gasteiger charge is 2.18. The molecule has 0 spiro atoms. The molecule has 0 bridgehead atoms. The van der Waals surface area contributed by atoms with Gasteiger partial charge in [0.1, 0.15) is 5.69 Å². The van der Waals surface area contributed by atoms with E-state index < -0.39 is 0 Å². The number of para-hydroxylation sites is 1. The minimum Gasteiger partial charge on any atom is -0.383 e. The lowest BCUT2D eigenvalue weighted by atomic mass is 10.3. The number of nitrogens with zero attached hydrogens (tertiary/aromatic N) is 2. The summed E-state index contributed by atoms with van der Waals surface area (Å²) in [4.78, 5) is 13.9. The van der Waals surface area contributed by atoms with Crippen molar-refractivity contribution in [3.8, 4) is 0 Å². The van der Waals surface area contributed by atoms with Crippen molar-refractivity contribution in [1.82, 2.24) is 4.90 Å². The fourth-order valence-electron chi connectivity index (χ4n) is 1.85. The van der Waals surface area contributed by atoms with Crippen LogP contribution in [0.2, 0.25) is 0 Å². The summed E-state index contributed by atoms with van der Waals surface area (Å²) in [7, 11) is 1.70. The third-order valence-electron chi connectivity index (χ3n) is 3.01. The summed E-state index contributed by atoms with van der Waals surface area (Å²) in [6.45, 7) is 7.21. The highest BCUT2D eigenvalue weighted by atomic mass is 32.2. The van der Waals surface area contributed by atoms with Crippen LogP contribution in [0.1, 0.15) is 13.8 Å². The highest BCUT2D eigenvalue weighted by Crippen LogP contribution is 2.35. The van der Waals surface area contributed by atoms with Crippen molar-refractivity contribution < 1.29 is 4.92 Å². The van der Waals surface area contributed by atoms with Gasteiger partial charge in [0, 0.05) is 19.3 Å². The van der Waals surface area contributed by atoms with Gasteiger partial charge in [-0.2, -0.15) is 0 Å². The number of nitrogens with one attached hydrogen (secondary N) is 1. The van der Waals surface area contributed by atoms with Crippen LogP contribution in [0.4, 0.5) is 11.4 Å². The second-order valence-corrected chi connectivity index (χ2v) is 5.17. The van der Waals surface area contributed by atoms with Gasteiger partial charge in [-0.1, -0.05) is 19.9 Å². The number of nitro benzene ring substituents is 1. The molecular weight excluding hydrogens is 262 g/mol. The van der Waals surface area contributed by atoms with Crippen LogP contribution < -0.4 is 5.32 Å². The van der Waals surface area contributed by atoms with Gasteiger partial charge < -0.3 is 10.2 Å². The predicted octanol–water partition coefficient (Wildman–Crippen LogP) is 3.07. The van der Waals surface area contributed by atoms with E-state index >= 15 is 0 Å². The van der Waals surface area contributed by atoms with E-state index in [0.717, 1.165) is 30.3 Å². The first-order chi connectivity index (χ1) is 9.13. The van der Waals surface area contributed by atoms with E-state index in [2.05, 4.69) is 24.1 Å². The molecule has 106 valence electrons. The lowest BCUT2D eigenvalue weighted by Gasteiger charge is -2.17. The van der Waals surface area contributed by atoms with E-state index in [1.807, 2.05) is 12.1 Å². The summed E-state index contributed by atoms with van der Waals surface area (Å²) in [6, 6.07) is 5.39. The number of anilines is 1. The Morgan fingerprint density at radius 1 is 1.37 bits per heavy atom. The lowest BCUT2D eigenvalue weighted by Crippen LogP contribution is -2.25. The van der Waals surface area contributed by atoms with Crippen molar-refractivity contribution in [3.63, 3.8) is 0 Å². The molecule has 0 heterocycles. The van der Waals surface area contributed by atoms with Crippen LogP contribution in [0.15, 0.2) is 23.1 Å². The van der Waals surface area contributed by atoms with Crippen LogP contribution >= 0.6 is 11.8 Å². The number of thioether (sulfide) groups is 1. The standard InChI is InChI=1S/C13H21N3O2S/c1-4-15(5-2)9-10-19-12-8-6-7-11(14-3)13(12)16(17)18/h6-8,14H,4-5,9-10H2,1-3H3. The zero-order chi connectivity index (χ0) is 14.3. The Hall–Kier alpha value is -1.27. The summed E-state index contributed by atoms with van der Waals surface area (Å²) in [6.07, 6.45) is 0. The molecule has 0 saturated carbocycles. The van der Waals surface area contributed by atoms with Gasteiger partial charge in [-0.15, -0.1) is 11.8 Å². The molecule has 0 aromatic heterocycles. The van der Waals surface area contributed by atoms with Crippen LogP contribution in [-0.2, 0) is 0 Å². The topological polar surface area (TPSA) is 58.4 Å². The van der Waals surface area contributed by atoms with Gasteiger partial charge >= 0.3 is 5.69 Å². The van der Waals surface area contributed by atoms with Crippen LogP contribution in [0.5, 0.6) is 0 Å². The van der Waals surface area contributed by atoms with E-state index in [9.17, 15) is 10.1 Å². The molecule has 1 rings (SSSR count). The summed E-state index contributed by atoms with van der Waals surface area (Å²) in [5.74, 6) is 0.857. The maximum Gasteiger partial charge on any atom is 0.305 e. The minimum atomic E-state index is -0.314. The van der Waals surface area contributed by atoms with E-state index in [0.29, 0.717) is 5.69 Å². The largest absolute Gasteiger partial charge is 0.383 e. The lowest BCUT2D eigenvalue weighted by molar-refractivity contribution is -0.386. The quantitative estimate of drug-likeness (QED) is 0.451. The number of nitro groups is 1. The average molecular weight is 283 g/mol. The van der Waals surface area contributed by atoms with Gasteiger partial charge in [0.05, 0.1) is 9.82 Å². The van der Waals surface area contributed by atoms with Crippen LogP contribution in [-0.4, -0.2) is 42.3 Å². The van der Waals surface area contributed by atoms with E-state index in [1.165, 1.54) is 0 Å². The molecule has 0 atom stereocenters. The van der Waals surface area contributed by atoms with Crippen molar-refractivity contribution >= 4 is 23.1 Å². The molecule has 1 aromatic carbocycles. The Morgan fingerprint density at radius 2 is 2.05 bits per heavy atom. The van der Waals surface area contributed by atoms with Gasteiger partial charge in [-0.25, -0.2) is 0 Å². The first-order valence-electron chi connectivity index (χ1n) is 6.44. The van der Waals surface area contributed by atoms with E-state index in [1.54, 1.807) is 24.9 Å². The van der Waals surface area contributed by atoms with Gasteiger partial charge in [0.15, 0.2) is 0 Å². The molecule has 0 aliphatic heterocycles. The third-order valence-corrected chi connectivity index (χ3v) is 4.04. The maximum absolute atomic E-state index is 11.2. The average Bonchev–Trinajstić information content (AvgIpc) is 2.42. The van der Waals surface area contributed by atoms with E-state index in [-0.39, 0.29) is 10.6 Å². The molecule has 1 N–H and O–H groups in total. The number of hydrogen-bond acceptors (Lipinski definition) is 5. The van der Waals surface area contributed by atoms with Gasteiger partial charge in [-0.05, 0) is 25.2 Å². The summed E-state index contributed by atoms with van der Waals surface area (Å²) in [5.41, 5.74) is 0.743. The summed E-state index contributed by atoms with van der Waals surface area (Å²) in [5, 5.41) is 14.0. The summed E-state index contributed by atoms with van der Waals surface area (Å²) >= 11 is 1.54. The van der Waals surface area contributed by atoms with Gasteiger partial charge in [0.25, 0.3) is 0 Å². The first kappa shape index (κ1) is 15.8. The molecule has 0 aliphatic rings. The van der Waals surface area contributed by atoms with E-state index in [4.69, 9.17) is 0 Å². The highest BCUT2D eigenvalue weighted by molar-refractivity contribution is 7.99. The number of hydrogen-bond donors (Lipinski definition) is 1. The van der Waals surface area contributed by atoms with Crippen molar-refractivity contribution in [2.45, 2.75) is 18.7 Å². The van der Waals surface area contributed by atoms with Crippen molar-refractivity contribution in [3.05, 3.63) is 28.3 Å². The molecule has 6 heteroatoms. The number of benzene rings is 1. The van der Waals surface area contributed by atoms with Gasteiger partial charge in [0.2, 0.25) is 0 Å². The van der Waals surface area contributed by atoms with Crippen molar-refractivity contribution in [1.29, 1.82) is 0 Å². The molecule has 0 aliphatic carbocycles. The molecule has 0 unspecified atom stereocenters. The van der Waals surface area contributed by atoms with Crippen LogP contribution in [0, 0.1) is 10.1 Å². The molecule has 0 amide bonds. The number of rotatable bonds is 8. The third kappa shape index (κ3) is 4.40. The molecular formula is C13H21N3O2S. The smallest absolute Gasteiger partial charge is 0.305 e. The predicted molar refractivity (Wildman–Crippen MR) is 81.2 cm³/mol. The molecule has 0 saturated heterocycles. The maximum atomic E-state index is 11.2. The van der Waals surface area contributed by atoms with Crippen molar-refractivity contribution in [2.24, 2.45) is 0 Å². The molecule has 0 fully saturated rings. The fourth-order valence-corrected chi connectivity index (χ4v) is 2.92. The zero-order valence-corrected chi connectivity index (χ0v) is 12.5. The Morgan fingerprint density at radius 3 is 2.58 bits per heavy atom. The van der Waals surface area contributed by atoms with Crippen LogP contribution in [0.25, 0.3) is 0 Å². The molecule has 0 radical (unpaired) electrons. The second-order valence-electron chi connectivity index (χ2n) is 4.03. The Labute approximate surface area is 118 Å². The zero-order valence-electron chi connectivity index (χ0n) is 11.7. The first-order valence-corrected chi connectivity index (χ1v) is 7.42. The monoisotopic (exact) mass is 283 g/mol. The SMILES string of the molecule is CCN(CC)CCSc1cccc(NC)c1[N+](=O)[O-]. The Bertz CT molecular complexity index is 422.